The smallest absolute Gasteiger partial charge is 0.232 e. The van der Waals surface area contributed by atoms with Crippen molar-refractivity contribution < 1.29 is 14.3 Å². The zero-order valence-electron chi connectivity index (χ0n) is 14.3. The molecule has 0 bridgehead atoms. The summed E-state index contributed by atoms with van der Waals surface area (Å²) in [5.41, 5.74) is 2.51. The Morgan fingerprint density at radius 1 is 1.19 bits per heavy atom. The van der Waals surface area contributed by atoms with E-state index in [9.17, 15) is 4.79 Å². The van der Waals surface area contributed by atoms with Crippen molar-refractivity contribution in [2.24, 2.45) is 0 Å². The molecule has 3 aromatic rings. The molecule has 0 aliphatic carbocycles. The number of fused-ring (bicyclic) bond motifs is 1. The molecule has 3 heterocycles. The van der Waals surface area contributed by atoms with Crippen LogP contribution in [0.15, 0.2) is 29.0 Å². The highest BCUT2D eigenvalue weighted by atomic mass is 32.1. The van der Waals surface area contributed by atoms with E-state index in [0.717, 1.165) is 27.7 Å². The predicted octanol–water partition coefficient (Wildman–Crippen LogP) is 4.30. The summed E-state index contributed by atoms with van der Waals surface area (Å²) in [6.07, 6.45) is 0.252. The molecule has 1 aliphatic rings. The first-order chi connectivity index (χ1) is 12.6. The van der Waals surface area contributed by atoms with E-state index in [1.165, 1.54) is 11.3 Å². The number of nitrogens with zero attached hydrogens (tertiary/aromatic N) is 2. The standard InChI is InChI=1S/C18H17N3O3S2/c1-10(2)17-19-12(7-25-17)6-16(22)21-18-20-13(8-26-18)11-3-4-14-15(5-11)24-9-23-14/h3-5,7-8,10H,6,9H2,1-2H3,(H,20,21,22). The van der Waals surface area contributed by atoms with E-state index in [0.29, 0.717) is 16.8 Å². The highest BCUT2D eigenvalue weighted by Gasteiger charge is 2.16. The maximum atomic E-state index is 12.2. The van der Waals surface area contributed by atoms with E-state index >= 15 is 0 Å². The first-order valence-corrected chi connectivity index (χ1v) is 9.94. The summed E-state index contributed by atoms with van der Waals surface area (Å²) in [6, 6.07) is 5.69. The lowest BCUT2D eigenvalue weighted by Gasteiger charge is -2.01. The van der Waals surface area contributed by atoms with Crippen LogP contribution in [0, 0.1) is 0 Å². The molecule has 0 unspecified atom stereocenters. The Hall–Kier alpha value is -2.45. The second-order valence-electron chi connectivity index (χ2n) is 6.16. The lowest BCUT2D eigenvalue weighted by atomic mass is 10.1. The molecule has 6 nitrogen and oxygen atoms in total. The molecular formula is C18H17N3O3S2. The second-order valence-corrected chi connectivity index (χ2v) is 7.91. The van der Waals surface area contributed by atoms with Crippen LogP contribution in [-0.2, 0) is 11.2 Å². The van der Waals surface area contributed by atoms with E-state index < -0.39 is 0 Å². The van der Waals surface area contributed by atoms with Crippen molar-refractivity contribution in [2.75, 3.05) is 12.1 Å². The summed E-state index contributed by atoms with van der Waals surface area (Å²) < 4.78 is 10.7. The number of carbonyl (C=O) groups excluding carboxylic acids is 1. The number of amides is 1. The van der Waals surface area contributed by atoms with Crippen LogP contribution in [0.2, 0.25) is 0 Å². The first-order valence-electron chi connectivity index (χ1n) is 8.18. The van der Waals surface area contributed by atoms with Crippen molar-refractivity contribution in [2.45, 2.75) is 26.2 Å². The molecule has 1 amide bonds. The lowest BCUT2D eigenvalue weighted by molar-refractivity contribution is -0.115. The SMILES string of the molecule is CC(C)c1nc(CC(=O)Nc2nc(-c3ccc4c(c3)OCO4)cs2)cs1. The Morgan fingerprint density at radius 3 is 2.85 bits per heavy atom. The third-order valence-electron chi connectivity index (χ3n) is 3.82. The highest BCUT2D eigenvalue weighted by Crippen LogP contribution is 2.36. The van der Waals surface area contributed by atoms with E-state index in [4.69, 9.17) is 9.47 Å². The van der Waals surface area contributed by atoms with E-state index in [1.54, 1.807) is 11.3 Å². The normalized spacial score (nSPS) is 12.6. The number of ether oxygens (including phenoxy) is 2. The van der Waals surface area contributed by atoms with Gasteiger partial charge in [-0.15, -0.1) is 22.7 Å². The zero-order valence-corrected chi connectivity index (χ0v) is 15.9. The van der Waals surface area contributed by atoms with Gasteiger partial charge in [-0.3, -0.25) is 4.79 Å². The average Bonchev–Trinajstić information content (AvgIpc) is 3.34. The van der Waals surface area contributed by atoms with Gasteiger partial charge >= 0.3 is 0 Å². The van der Waals surface area contributed by atoms with Gasteiger partial charge in [0.2, 0.25) is 12.7 Å². The molecule has 1 aliphatic heterocycles. The zero-order chi connectivity index (χ0) is 18.1. The number of hydrogen-bond donors (Lipinski definition) is 1. The summed E-state index contributed by atoms with van der Waals surface area (Å²) in [5.74, 6) is 1.71. The Labute approximate surface area is 158 Å². The summed E-state index contributed by atoms with van der Waals surface area (Å²) >= 11 is 2.98. The number of rotatable bonds is 5. The molecule has 0 saturated heterocycles. The van der Waals surface area contributed by atoms with Gasteiger partial charge in [-0.1, -0.05) is 13.8 Å². The van der Waals surface area contributed by atoms with Crippen LogP contribution in [-0.4, -0.2) is 22.7 Å². The van der Waals surface area contributed by atoms with Crippen molar-refractivity contribution in [1.82, 2.24) is 9.97 Å². The molecule has 0 radical (unpaired) electrons. The molecule has 134 valence electrons. The maximum absolute atomic E-state index is 12.2. The summed E-state index contributed by atoms with van der Waals surface area (Å²) in [4.78, 5) is 21.2. The van der Waals surface area contributed by atoms with E-state index in [2.05, 4.69) is 29.1 Å². The number of aromatic nitrogens is 2. The molecule has 0 saturated carbocycles. The Kier molecular flexibility index (Phi) is 4.60. The van der Waals surface area contributed by atoms with Gasteiger partial charge in [-0.25, -0.2) is 9.97 Å². The molecule has 0 fully saturated rings. The van der Waals surface area contributed by atoms with Gasteiger partial charge in [-0.05, 0) is 18.2 Å². The van der Waals surface area contributed by atoms with Crippen LogP contribution < -0.4 is 14.8 Å². The average molecular weight is 387 g/mol. The molecule has 8 heteroatoms. The Bertz CT molecular complexity index is 949. The van der Waals surface area contributed by atoms with Crippen molar-refractivity contribution in [3.63, 3.8) is 0 Å². The highest BCUT2D eigenvalue weighted by molar-refractivity contribution is 7.14. The minimum Gasteiger partial charge on any atom is -0.454 e. The summed E-state index contributed by atoms with van der Waals surface area (Å²) in [6.45, 7) is 4.43. The second kappa shape index (κ2) is 7.05. The van der Waals surface area contributed by atoms with Crippen LogP contribution in [0.4, 0.5) is 5.13 Å². The van der Waals surface area contributed by atoms with Gasteiger partial charge in [0.15, 0.2) is 16.6 Å². The molecule has 26 heavy (non-hydrogen) atoms. The molecule has 1 aromatic carbocycles. The minimum absolute atomic E-state index is 0.114. The predicted molar refractivity (Wildman–Crippen MR) is 102 cm³/mol. The van der Waals surface area contributed by atoms with Crippen LogP contribution in [0.1, 0.15) is 30.5 Å². The number of carbonyl (C=O) groups is 1. The molecule has 0 atom stereocenters. The van der Waals surface area contributed by atoms with Crippen LogP contribution >= 0.6 is 22.7 Å². The van der Waals surface area contributed by atoms with Gasteiger partial charge in [0.25, 0.3) is 0 Å². The van der Waals surface area contributed by atoms with E-state index in [-0.39, 0.29) is 19.1 Å². The molecular weight excluding hydrogens is 370 g/mol. The number of nitrogens with one attached hydrogen (secondary N) is 1. The van der Waals surface area contributed by atoms with Gasteiger partial charge in [0, 0.05) is 22.2 Å². The monoisotopic (exact) mass is 387 g/mol. The van der Waals surface area contributed by atoms with Crippen LogP contribution in [0.25, 0.3) is 11.3 Å². The number of benzene rings is 1. The number of thiazole rings is 2. The fourth-order valence-corrected chi connectivity index (χ4v) is 4.09. The largest absolute Gasteiger partial charge is 0.454 e. The van der Waals surface area contributed by atoms with Crippen molar-refractivity contribution in [3.05, 3.63) is 39.7 Å². The van der Waals surface area contributed by atoms with Crippen LogP contribution in [0.5, 0.6) is 11.5 Å². The van der Waals surface area contributed by atoms with Crippen molar-refractivity contribution >= 4 is 33.7 Å². The summed E-state index contributed by atoms with van der Waals surface area (Å²) in [7, 11) is 0. The third-order valence-corrected chi connectivity index (χ3v) is 5.78. The van der Waals surface area contributed by atoms with Gasteiger partial charge in [-0.2, -0.15) is 0 Å². The van der Waals surface area contributed by atoms with Crippen molar-refractivity contribution in [1.29, 1.82) is 0 Å². The summed E-state index contributed by atoms with van der Waals surface area (Å²) in [5, 5.41) is 8.32. The first kappa shape index (κ1) is 17.0. The van der Waals surface area contributed by atoms with Crippen molar-refractivity contribution in [3.8, 4) is 22.8 Å². The quantitative estimate of drug-likeness (QED) is 0.707. The van der Waals surface area contributed by atoms with Gasteiger partial charge in [0.05, 0.1) is 22.8 Å². The fourth-order valence-electron chi connectivity index (χ4n) is 2.52. The molecule has 1 N–H and O–H groups in total. The maximum Gasteiger partial charge on any atom is 0.232 e. The van der Waals surface area contributed by atoms with Crippen LogP contribution in [0.3, 0.4) is 0 Å². The topological polar surface area (TPSA) is 73.3 Å². The molecule has 4 rings (SSSR count). The van der Waals surface area contributed by atoms with E-state index in [1.807, 2.05) is 29.0 Å². The minimum atomic E-state index is -0.114. The number of hydrogen-bond acceptors (Lipinski definition) is 7. The fraction of sp³-hybridized carbons (Fsp3) is 0.278. The Morgan fingerprint density at radius 2 is 2.04 bits per heavy atom. The third kappa shape index (κ3) is 3.56. The Balaban J connectivity index is 1.42. The van der Waals surface area contributed by atoms with Gasteiger partial charge in [0.1, 0.15) is 0 Å². The molecule has 2 aromatic heterocycles. The lowest BCUT2D eigenvalue weighted by Crippen LogP contribution is -2.14. The number of anilines is 1. The molecule has 0 spiro atoms. The van der Waals surface area contributed by atoms with Gasteiger partial charge < -0.3 is 14.8 Å².